The summed E-state index contributed by atoms with van der Waals surface area (Å²) in [6.45, 7) is 0. The molecule has 0 spiro atoms. The Hall–Kier alpha value is -2.80. The molecule has 2 heterocycles. The molecule has 0 saturated carbocycles. The van der Waals surface area contributed by atoms with Gasteiger partial charge in [0.15, 0.2) is 5.70 Å². The summed E-state index contributed by atoms with van der Waals surface area (Å²) in [6.07, 6.45) is 1.47. The van der Waals surface area contributed by atoms with Crippen LogP contribution in [0, 0.1) is 10.1 Å². The monoisotopic (exact) mass is 300 g/mol. The summed E-state index contributed by atoms with van der Waals surface area (Å²) >= 11 is 1.41. The Morgan fingerprint density at radius 2 is 2.14 bits per heavy atom. The maximum Gasteiger partial charge on any atom is 0.363 e. The number of aliphatic imine (C=N–C) groups is 1. The number of esters is 1. The molecule has 0 N–H and O–H groups in total. The highest BCUT2D eigenvalue weighted by molar-refractivity contribution is 7.12. The highest BCUT2D eigenvalue weighted by Crippen LogP contribution is 2.22. The van der Waals surface area contributed by atoms with Crippen LogP contribution >= 0.6 is 11.3 Å². The minimum absolute atomic E-state index is 0.0434. The maximum atomic E-state index is 11.8. The highest BCUT2D eigenvalue weighted by Gasteiger charge is 2.24. The fourth-order valence-corrected chi connectivity index (χ4v) is 2.45. The minimum atomic E-state index is -0.565. The van der Waals surface area contributed by atoms with Gasteiger partial charge in [-0.25, -0.2) is 9.79 Å². The molecule has 1 aromatic carbocycles. The third-order valence-electron chi connectivity index (χ3n) is 2.74. The molecule has 7 heteroatoms. The molecule has 0 fully saturated rings. The maximum absolute atomic E-state index is 11.8. The number of carbonyl (C=O) groups is 1. The van der Waals surface area contributed by atoms with Crippen molar-refractivity contribution < 1.29 is 14.5 Å². The van der Waals surface area contributed by atoms with Gasteiger partial charge in [-0.05, 0) is 23.1 Å². The molecule has 0 amide bonds. The second-order valence-corrected chi connectivity index (χ2v) is 5.11. The number of cyclic esters (lactones) is 1. The minimum Gasteiger partial charge on any atom is -0.401 e. The fraction of sp³-hybridized carbons (Fsp3) is 0. The van der Waals surface area contributed by atoms with Crippen LogP contribution in [-0.2, 0) is 9.53 Å². The van der Waals surface area contributed by atoms with E-state index in [1.165, 1.54) is 29.5 Å². The van der Waals surface area contributed by atoms with Crippen LogP contribution in [0.3, 0.4) is 0 Å². The molecule has 0 bridgehead atoms. The molecule has 3 rings (SSSR count). The van der Waals surface area contributed by atoms with Crippen molar-refractivity contribution in [2.24, 2.45) is 4.99 Å². The molecule has 0 aliphatic carbocycles. The first-order valence-corrected chi connectivity index (χ1v) is 6.82. The summed E-state index contributed by atoms with van der Waals surface area (Å²) in [6, 6.07) is 9.60. The Labute approximate surface area is 123 Å². The second kappa shape index (κ2) is 5.29. The quantitative estimate of drug-likeness (QED) is 0.377. The SMILES string of the molecule is O=C1OC(c2cccs2)=NC1=Cc1cccc([N+](=O)[O-])c1. The van der Waals surface area contributed by atoms with E-state index >= 15 is 0 Å². The van der Waals surface area contributed by atoms with Crippen molar-refractivity contribution in [2.75, 3.05) is 0 Å². The first-order valence-electron chi connectivity index (χ1n) is 5.94. The van der Waals surface area contributed by atoms with E-state index in [0.29, 0.717) is 5.56 Å². The van der Waals surface area contributed by atoms with Gasteiger partial charge in [-0.1, -0.05) is 18.2 Å². The summed E-state index contributed by atoms with van der Waals surface area (Å²) in [5.41, 5.74) is 0.601. The van der Waals surface area contributed by atoms with E-state index in [1.807, 2.05) is 11.4 Å². The standard InChI is InChI=1S/C14H8N2O4S/c17-14-11(15-13(20-14)12-5-2-6-21-12)8-9-3-1-4-10(7-9)16(18)19/h1-8H. The molecule has 104 valence electrons. The predicted octanol–water partition coefficient (Wildman–Crippen LogP) is 3.00. The van der Waals surface area contributed by atoms with E-state index in [4.69, 9.17) is 4.74 Å². The largest absolute Gasteiger partial charge is 0.401 e. The number of nitro benzene ring substituents is 1. The summed E-state index contributed by atoms with van der Waals surface area (Å²) in [5, 5.41) is 12.6. The number of hydrogen-bond acceptors (Lipinski definition) is 6. The number of thiophene rings is 1. The zero-order valence-corrected chi connectivity index (χ0v) is 11.4. The lowest BCUT2D eigenvalue weighted by molar-refractivity contribution is -0.384. The third kappa shape index (κ3) is 2.72. The topological polar surface area (TPSA) is 81.8 Å². The van der Waals surface area contributed by atoms with Crippen molar-refractivity contribution in [3.63, 3.8) is 0 Å². The lowest BCUT2D eigenvalue weighted by atomic mass is 10.2. The molecule has 6 nitrogen and oxygen atoms in total. The molecular formula is C14H8N2O4S. The molecule has 1 aromatic heterocycles. The summed E-state index contributed by atoms with van der Waals surface area (Å²) in [5.74, 6) is -0.309. The number of nitro groups is 1. The number of nitrogens with zero attached hydrogens (tertiary/aromatic N) is 2. The molecule has 21 heavy (non-hydrogen) atoms. The van der Waals surface area contributed by atoms with Crippen LogP contribution < -0.4 is 0 Å². The first kappa shape index (κ1) is 13.2. The van der Waals surface area contributed by atoms with Crippen LogP contribution in [0.4, 0.5) is 5.69 Å². The normalized spacial score (nSPS) is 15.9. The number of ether oxygens (including phenoxy) is 1. The molecule has 1 aliphatic rings. The van der Waals surface area contributed by atoms with Gasteiger partial charge in [0.25, 0.3) is 5.69 Å². The first-order chi connectivity index (χ1) is 10.1. The smallest absolute Gasteiger partial charge is 0.363 e. The Morgan fingerprint density at radius 3 is 2.86 bits per heavy atom. The van der Waals surface area contributed by atoms with E-state index in [0.717, 1.165) is 4.88 Å². The average molecular weight is 300 g/mol. The van der Waals surface area contributed by atoms with Gasteiger partial charge in [0.05, 0.1) is 9.80 Å². The van der Waals surface area contributed by atoms with Crippen molar-refractivity contribution in [2.45, 2.75) is 0 Å². The van der Waals surface area contributed by atoms with Crippen LogP contribution in [0.2, 0.25) is 0 Å². The molecule has 1 aliphatic heterocycles. The van der Waals surface area contributed by atoms with E-state index in [-0.39, 0.29) is 17.3 Å². The lowest BCUT2D eigenvalue weighted by Crippen LogP contribution is -2.03. The van der Waals surface area contributed by atoms with Crippen LogP contribution in [0.5, 0.6) is 0 Å². The van der Waals surface area contributed by atoms with Gasteiger partial charge in [-0.2, -0.15) is 0 Å². The van der Waals surface area contributed by atoms with Crippen LogP contribution in [0.1, 0.15) is 10.4 Å². The fourth-order valence-electron chi connectivity index (χ4n) is 1.80. The summed E-state index contributed by atoms with van der Waals surface area (Å²) in [4.78, 5) is 26.9. The van der Waals surface area contributed by atoms with Gasteiger partial charge in [0, 0.05) is 12.1 Å². The van der Waals surface area contributed by atoms with Gasteiger partial charge in [0.1, 0.15) is 0 Å². The van der Waals surface area contributed by atoms with Crippen molar-refractivity contribution >= 4 is 35.0 Å². The third-order valence-corrected chi connectivity index (χ3v) is 3.59. The number of carbonyl (C=O) groups excluding carboxylic acids is 1. The highest BCUT2D eigenvalue weighted by atomic mass is 32.1. The molecule has 0 unspecified atom stereocenters. The van der Waals surface area contributed by atoms with E-state index < -0.39 is 10.9 Å². The number of non-ortho nitro benzene ring substituents is 1. The van der Waals surface area contributed by atoms with Crippen molar-refractivity contribution in [3.05, 3.63) is 68.0 Å². The van der Waals surface area contributed by atoms with Crippen molar-refractivity contribution in [1.29, 1.82) is 0 Å². The molecule has 0 saturated heterocycles. The zero-order valence-electron chi connectivity index (χ0n) is 10.6. The van der Waals surface area contributed by atoms with Gasteiger partial charge in [-0.15, -0.1) is 11.3 Å². The number of hydrogen-bond donors (Lipinski definition) is 0. The molecule has 2 aromatic rings. The van der Waals surface area contributed by atoms with Gasteiger partial charge < -0.3 is 4.74 Å². The van der Waals surface area contributed by atoms with Crippen molar-refractivity contribution in [1.82, 2.24) is 0 Å². The van der Waals surface area contributed by atoms with E-state index in [2.05, 4.69) is 4.99 Å². The summed E-state index contributed by atoms with van der Waals surface area (Å²) in [7, 11) is 0. The molecular weight excluding hydrogens is 292 g/mol. The number of benzene rings is 1. The van der Waals surface area contributed by atoms with Gasteiger partial charge >= 0.3 is 5.97 Å². The zero-order chi connectivity index (χ0) is 14.8. The predicted molar refractivity (Wildman–Crippen MR) is 78.0 cm³/mol. The van der Waals surface area contributed by atoms with E-state index in [9.17, 15) is 14.9 Å². The summed E-state index contributed by atoms with van der Waals surface area (Å²) < 4.78 is 5.09. The lowest BCUT2D eigenvalue weighted by Gasteiger charge is -1.95. The Kier molecular flexibility index (Phi) is 3.33. The van der Waals surface area contributed by atoms with Crippen LogP contribution in [-0.4, -0.2) is 16.8 Å². The van der Waals surface area contributed by atoms with Gasteiger partial charge in [0.2, 0.25) is 5.90 Å². The number of rotatable bonds is 3. The second-order valence-electron chi connectivity index (χ2n) is 4.17. The Bertz CT molecular complexity index is 778. The molecule has 0 radical (unpaired) electrons. The van der Waals surface area contributed by atoms with E-state index in [1.54, 1.807) is 18.2 Å². The Morgan fingerprint density at radius 1 is 1.29 bits per heavy atom. The van der Waals surface area contributed by atoms with Crippen LogP contribution in [0.15, 0.2) is 52.5 Å². The Balaban J connectivity index is 1.94. The van der Waals surface area contributed by atoms with Crippen LogP contribution in [0.25, 0.3) is 6.08 Å². The van der Waals surface area contributed by atoms with Gasteiger partial charge in [-0.3, -0.25) is 10.1 Å². The average Bonchev–Trinajstić information content (AvgIpc) is 3.10. The molecule has 0 atom stereocenters. The van der Waals surface area contributed by atoms with Crippen molar-refractivity contribution in [3.8, 4) is 0 Å².